The van der Waals surface area contributed by atoms with Crippen LogP contribution in [-0.2, 0) is 21.4 Å². The lowest BCUT2D eigenvalue weighted by Gasteiger charge is -2.09. The molecular formula is C26H27N3O6. The predicted molar refractivity (Wildman–Crippen MR) is 133 cm³/mol. The first-order valence-electron chi connectivity index (χ1n) is 10.8. The van der Waals surface area contributed by atoms with Crippen LogP contribution in [0.25, 0.3) is 11.8 Å². The maximum Gasteiger partial charge on any atom is 0.331 e. The van der Waals surface area contributed by atoms with Crippen molar-refractivity contribution in [3.8, 4) is 17.2 Å². The Kier molecular flexibility index (Phi) is 8.29. The van der Waals surface area contributed by atoms with Gasteiger partial charge in [-0.15, -0.1) is 0 Å². The minimum absolute atomic E-state index is 0.124. The van der Waals surface area contributed by atoms with E-state index >= 15 is 0 Å². The van der Waals surface area contributed by atoms with E-state index in [1.165, 1.54) is 23.9 Å². The molecule has 1 aromatic heterocycles. The highest BCUT2D eigenvalue weighted by atomic mass is 16.5. The fraction of sp³-hybridized carbons (Fsp3) is 0.192. The normalized spacial score (nSPS) is 10.7. The molecule has 1 amide bonds. The summed E-state index contributed by atoms with van der Waals surface area (Å²) in [5.74, 6) is -0.284. The van der Waals surface area contributed by atoms with Gasteiger partial charge in [-0.05, 0) is 42.8 Å². The molecule has 0 saturated heterocycles. The molecule has 3 aromatic rings. The van der Waals surface area contributed by atoms with Crippen LogP contribution in [-0.4, -0.2) is 41.6 Å². The number of anilines is 1. The van der Waals surface area contributed by atoms with Gasteiger partial charge in [-0.1, -0.05) is 36.9 Å². The Morgan fingerprint density at radius 1 is 1.11 bits per heavy atom. The van der Waals surface area contributed by atoms with Crippen molar-refractivity contribution in [2.45, 2.75) is 6.92 Å². The average Bonchev–Trinajstić information content (AvgIpc) is 3.08. The molecule has 0 aliphatic rings. The van der Waals surface area contributed by atoms with Crippen molar-refractivity contribution >= 4 is 23.6 Å². The van der Waals surface area contributed by atoms with E-state index in [1.54, 1.807) is 55.1 Å². The van der Waals surface area contributed by atoms with E-state index in [2.05, 4.69) is 11.9 Å². The molecule has 9 heteroatoms. The van der Waals surface area contributed by atoms with Crippen LogP contribution in [0.5, 0.6) is 11.5 Å². The van der Waals surface area contributed by atoms with Gasteiger partial charge >= 0.3 is 5.97 Å². The highest BCUT2D eigenvalue weighted by Crippen LogP contribution is 2.28. The zero-order valence-corrected chi connectivity index (χ0v) is 19.8. The lowest BCUT2D eigenvalue weighted by molar-refractivity contribution is -0.142. The summed E-state index contributed by atoms with van der Waals surface area (Å²) in [4.78, 5) is 37.3. The van der Waals surface area contributed by atoms with Gasteiger partial charge in [-0.25, -0.2) is 9.48 Å². The molecule has 0 unspecified atom stereocenters. The molecule has 0 spiro atoms. The molecule has 0 bridgehead atoms. The van der Waals surface area contributed by atoms with Gasteiger partial charge in [0.15, 0.2) is 18.1 Å². The van der Waals surface area contributed by atoms with Crippen LogP contribution >= 0.6 is 0 Å². The Morgan fingerprint density at radius 2 is 1.86 bits per heavy atom. The first-order valence-corrected chi connectivity index (χ1v) is 10.8. The molecule has 3 rings (SSSR count). The molecule has 0 aliphatic heterocycles. The molecule has 9 nitrogen and oxygen atoms in total. The van der Waals surface area contributed by atoms with Crippen LogP contribution in [0, 0.1) is 6.92 Å². The van der Waals surface area contributed by atoms with Crippen molar-refractivity contribution in [1.82, 2.24) is 9.36 Å². The van der Waals surface area contributed by atoms with Crippen molar-refractivity contribution in [2.75, 3.05) is 25.6 Å². The van der Waals surface area contributed by atoms with Crippen LogP contribution in [0.3, 0.4) is 0 Å². The van der Waals surface area contributed by atoms with Gasteiger partial charge < -0.3 is 19.5 Å². The van der Waals surface area contributed by atoms with Crippen molar-refractivity contribution < 1.29 is 23.8 Å². The second kappa shape index (κ2) is 11.6. The summed E-state index contributed by atoms with van der Waals surface area (Å²) in [6, 6.07) is 14.2. The summed E-state index contributed by atoms with van der Waals surface area (Å²) in [6.45, 7) is 5.11. The third-order valence-corrected chi connectivity index (χ3v) is 5.12. The zero-order chi connectivity index (χ0) is 25.4. The predicted octanol–water partition coefficient (Wildman–Crippen LogP) is 3.25. The summed E-state index contributed by atoms with van der Waals surface area (Å²) in [5, 5.41) is 2.54. The maximum atomic E-state index is 12.9. The molecular weight excluding hydrogens is 450 g/mol. The fourth-order valence-electron chi connectivity index (χ4n) is 3.29. The monoisotopic (exact) mass is 477 g/mol. The van der Waals surface area contributed by atoms with E-state index in [-0.39, 0.29) is 11.2 Å². The second-order valence-electron chi connectivity index (χ2n) is 7.44. The Hall–Kier alpha value is -4.53. The van der Waals surface area contributed by atoms with E-state index in [0.29, 0.717) is 35.1 Å². The number of rotatable bonds is 10. The van der Waals surface area contributed by atoms with Gasteiger partial charge in [0.05, 0.1) is 18.5 Å². The number of ether oxygens (including phenoxy) is 3. The number of benzene rings is 2. The minimum atomic E-state index is -0.711. The highest BCUT2D eigenvalue weighted by molar-refractivity contribution is 5.95. The first-order chi connectivity index (χ1) is 16.8. The van der Waals surface area contributed by atoms with Gasteiger partial charge in [-0.3, -0.25) is 14.3 Å². The van der Waals surface area contributed by atoms with E-state index in [0.717, 1.165) is 0 Å². The topological polar surface area (TPSA) is 101 Å². The third kappa shape index (κ3) is 6.08. The standard InChI is InChI=1S/C26H27N3O6/c1-5-15-34-21-13-11-19(16-22(21)33-4)12-14-24(31)35-17-23(30)27-25-18(2)28(3)29(26(25)32)20-9-7-6-8-10-20/h5-14,16H,1,15,17H2,2-4H3,(H,27,30). The Labute approximate surface area is 202 Å². The molecule has 1 N–H and O–H groups in total. The Bertz CT molecular complexity index is 1300. The van der Waals surface area contributed by atoms with Crippen molar-refractivity contribution in [2.24, 2.45) is 7.05 Å². The van der Waals surface area contributed by atoms with Crippen LogP contribution in [0.2, 0.25) is 0 Å². The van der Waals surface area contributed by atoms with Crippen molar-refractivity contribution in [3.63, 3.8) is 0 Å². The van der Waals surface area contributed by atoms with Gasteiger partial charge in [0.1, 0.15) is 12.3 Å². The molecule has 0 saturated carbocycles. The number of esters is 1. The van der Waals surface area contributed by atoms with Gasteiger partial charge in [0.2, 0.25) is 0 Å². The van der Waals surface area contributed by atoms with Crippen LogP contribution in [0.4, 0.5) is 5.69 Å². The molecule has 0 aliphatic carbocycles. The number of nitrogens with one attached hydrogen (secondary N) is 1. The van der Waals surface area contributed by atoms with Crippen LogP contribution in [0.15, 0.2) is 72.1 Å². The molecule has 35 heavy (non-hydrogen) atoms. The van der Waals surface area contributed by atoms with Gasteiger partial charge in [-0.2, -0.15) is 0 Å². The van der Waals surface area contributed by atoms with E-state index in [4.69, 9.17) is 14.2 Å². The smallest absolute Gasteiger partial charge is 0.331 e. The summed E-state index contributed by atoms with van der Waals surface area (Å²) in [6.07, 6.45) is 4.35. The number of nitrogens with zero attached hydrogens (tertiary/aromatic N) is 2. The first kappa shape index (κ1) is 25.1. The maximum absolute atomic E-state index is 12.9. The number of para-hydroxylation sites is 1. The Morgan fingerprint density at radius 3 is 2.54 bits per heavy atom. The molecule has 182 valence electrons. The number of amides is 1. The van der Waals surface area contributed by atoms with Crippen molar-refractivity contribution in [1.29, 1.82) is 0 Å². The van der Waals surface area contributed by atoms with Crippen LogP contribution in [0.1, 0.15) is 11.3 Å². The highest BCUT2D eigenvalue weighted by Gasteiger charge is 2.18. The zero-order valence-electron chi connectivity index (χ0n) is 19.8. The summed E-state index contributed by atoms with van der Waals surface area (Å²) >= 11 is 0. The molecule has 0 fully saturated rings. The van der Waals surface area contributed by atoms with Gasteiger partial charge in [0, 0.05) is 13.1 Å². The van der Waals surface area contributed by atoms with Crippen molar-refractivity contribution in [3.05, 3.63) is 88.9 Å². The summed E-state index contributed by atoms with van der Waals surface area (Å²) in [7, 11) is 3.23. The third-order valence-electron chi connectivity index (χ3n) is 5.12. The lowest BCUT2D eigenvalue weighted by atomic mass is 10.2. The van der Waals surface area contributed by atoms with Gasteiger partial charge in [0.25, 0.3) is 11.5 Å². The quantitative estimate of drug-likeness (QED) is 0.273. The SMILES string of the molecule is C=CCOc1ccc(C=CC(=O)OCC(=O)Nc2c(C)n(C)n(-c3ccccc3)c2=O)cc1OC. The summed E-state index contributed by atoms with van der Waals surface area (Å²) < 4.78 is 18.9. The number of carbonyl (C=O) groups excluding carboxylic acids is 2. The number of hydrogen-bond acceptors (Lipinski definition) is 6. The van der Waals surface area contributed by atoms with E-state index in [1.807, 2.05) is 18.2 Å². The number of methoxy groups -OCH3 is 1. The van der Waals surface area contributed by atoms with E-state index < -0.39 is 18.5 Å². The molecule has 1 heterocycles. The fourth-order valence-corrected chi connectivity index (χ4v) is 3.29. The van der Waals surface area contributed by atoms with Crippen LogP contribution < -0.4 is 20.3 Å². The summed E-state index contributed by atoms with van der Waals surface area (Å²) in [5.41, 5.74) is 1.64. The average molecular weight is 478 g/mol. The largest absolute Gasteiger partial charge is 0.493 e. The number of carbonyl (C=O) groups is 2. The molecule has 0 atom stereocenters. The second-order valence-corrected chi connectivity index (χ2v) is 7.44. The Balaban J connectivity index is 1.61. The van der Waals surface area contributed by atoms with E-state index in [9.17, 15) is 14.4 Å². The molecule has 0 radical (unpaired) electrons. The number of aromatic nitrogens is 2. The lowest BCUT2D eigenvalue weighted by Crippen LogP contribution is -2.25. The molecule has 2 aromatic carbocycles. The minimum Gasteiger partial charge on any atom is -0.493 e. The number of hydrogen-bond donors (Lipinski definition) is 1.